The first kappa shape index (κ1) is 12.5. The lowest BCUT2D eigenvalue weighted by atomic mass is 10.2. The predicted molar refractivity (Wildman–Crippen MR) is 78.0 cm³/mol. The standard InChI is InChI=1S/C16H9ClN2O/c17-13-7-6-12(10-18)15(9-13)20-14-5-1-3-11-4-2-8-19-16(11)14/h1-9H. The summed E-state index contributed by atoms with van der Waals surface area (Å²) in [6, 6.07) is 16.5. The molecular weight excluding hydrogens is 272 g/mol. The Labute approximate surface area is 121 Å². The summed E-state index contributed by atoms with van der Waals surface area (Å²) >= 11 is 5.95. The number of ether oxygens (including phenoxy) is 1. The van der Waals surface area contributed by atoms with Gasteiger partial charge in [-0.2, -0.15) is 5.26 Å². The second kappa shape index (κ2) is 5.20. The summed E-state index contributed by atoms with van der Waals surface area (Å²) < 4.78 is 5.83. The number of fused-ring (bicyclic) bond motifs is 1. The number of para-hydroxylation sites is 1. The van der Waals surface area contributed by atoms with Gasteiger partial charge in [0.05, 0.1) is 5.56 Å². The van der Waals surface area contributed by atoms with Crippen molar-refractivity contribution in [3.8, 4) is 17.6 Å². The van der Waals surface area contributed by atoms with Gasteiger partial charge in [-0.25, -0.2) is 0 Å². The molecule has 1 aromatic heterocycles. The zero-order valence-electron chi connectivity index (χ0n) is 10.4. The number of hydrogen-bond acceptors (Lipinski definition) is 3. The van der Waals surface area contributed by atoms with Gasteiger partial charge in [0.15, 0.2) is 5.75 Å². The van der Waals surface area contributed by atoms with Crippen molar-refractivity contribution >= 4 is 22.5 Å². The van der Waals surface area contributed by atoms with E-state index < -0.39 is 0 Å². The van der Waals surface area contributed by atoms with E-state index in [1.165, 1.54) is 0 Å². The summed E-state index contributed by atoms with van der Waals surface area (Å²) in [6.45, 7) is 0. The molecule has 0 fully saturated rings. The molecule has 0 N–H and O–H groups in total. The smallest absolute Gasteiger partial charge is 0.153 e. The second-order valence-corrected chi connectivity index (χ2v) is 4.62. The molecule has 96 valence electrons. The van der Waals surface area contributed by atoms with Gasteiger partial charge >= 0.3 is 0 Å². The quantitative estimate of drug-likeness (QED) is 0.691. The van der Waals surface area contributed by atoms with Crippen LogP contribution in [-0.4, -0.2) is 4.98 Å². The number of nitrogens with zero attached hydrogens (tertiary/aromatic N) is 2. The van der Waals surface area contributed by atoms with Crippen molar-refractivity contribution < 1.29 is 4.74 Å². The summed E-state index contributed by atoms with van der Waals surface area (Å²) in [5.74, 6) is 1.03. The maximum atomic E-state index is 9.11. The number of aromatic nitrogens is 1. The number of benzene rings is 2. The summed E-state index contributed by atoms with van der Waals surface area (Å²) in [7, 11) is 0. The Kier molecular flexibility index (Phi) is 3.24. The summed E-state index contributed by atoms with van der Waals surface area (Å²) in [5.41, 5.74) is 1.18. The van der Waals surface area contributed by atoms with Crippen LogP contribution in [0.5, 0.6) is 11.5 Å². The SMILES string of the molecule is N#Cc1ccc(Cl)cc1Oc1cccc2cccnc12. The number of halogens is 1. The fourth-order valence-corrected chi connectivity index (χ4v) is 2.11. The van der Waals surface area contributed by atoms with E-state index in [0.29, 0.717) is 22.1 Å². The minimum absolute atomic E-state index is 0.429. The number of rotatable bonds is 2. The maximum Gasteiger partial charge on any atom is 0.153 e. The van der Waals surface area contributed by atoms with Crippen LogP contribution >= 0.6 is 11.6 Å². The minimum atomic E-state index is 0.429. The van der Waals surface area contributed by atoms with E-state index in [9.17, 15) is 0 Å². The lowest BCUT2D eigenvalue weighted by Gasteiger charge is -2.09. The Morgan fingerprint density at radius 1 is 1.05 bits per heavy atom. The van der Waals surface area contributed by atoms with Crippen LogP contribution in [0, 0.1) is 11.3 Å². The monoisotopic (exact) mass is 280 g/mol. The van der Waals surface area contributed by atoms with Crippen molar-refractivity contribution in [2.24, 2.45) is 0 Å². The molecular formula is C16H9ClN2O. The highest BCUT2D eigenvalue weighted by Gasteiger charge is 2.08. The van der Waals surface area contributed by atoms with Crippen LogP contribution in [0.4, 0.5) is 0 Å². The molecule has 2 aromatic carbocycles. The van der Waals surface area contributed by atoms with E-state index in [0.717, 1.165) is 10.9 Å². The molecule has 4 heteroatoms. The lowest BCUT2D eigenvalue weighted by Crippen LogP contribution is -1.90. The van der Waals surface area contributed by atoms with Crippen molar-refractivity contribution in [2.75, 3.05) is 0 Å². The van der Waals surface area contributed by atoms with Crippen LogP contribution in [0.3, 0.4) is 0 Å². The normalized spacial score (nSPS) is 10.2. The van der Waals surface area contributed by atoms with E-state index in [4.69, 9.17) is 21.6 Å². The first-order chi connectivity index (χ1) is 9.78. The first-order valence-electron chi connectivity index (χ1n) is 5.99. The van der Waals surface area contributed by atoms with Gasteiger partial charge in [0.1, 0.15) is 17.3 Å². The van der Waals surface area contributed by atoms with Gasteiger partial charge in [-0.3, -0.25) is 4.98 Å². The third kappa shape index (κ3) is 2.29. The maximum absolute atomic E-state index is 9.11. The van der Waals surface area contributed by atoms with Crippen LogP contribution in [0.2, 0.25) is 5.02 Å². The van der Waals surface area contributed by atoms with Crippen LogP contribution in [0.1, 0.15) is 5.56 Å². The lowest BCUT2D eigenvalue weighted by molar-refractivity contribution is 0.485. The van der Waals surface area contributed by atoms with Crippen molar-refractivity contribution in [2.45, 2.75) is 0 Å². The molecule has 0 radical (unpaired) electrons. The molecule has 0 aliphatic rings. The van der Waals surface area contributed by atoms with Gasteiger partial charge in [-0.15, -0.1) is 0 Å². The molecule has 0 saturated carbocycles. The molecule has 3 aromatic rings. The van der Waals surface area contributed by atoms with Gasteiger partial charge < -0.3 is 4.74 Å². The average Bonchev–Trinajstić information content (AvgIpc) is 2.48. The third-order valence-corrected chi connectivity index (χ3v) is 3.11. The topological polar surface area (TPSA) is 45.9 Å². The molecule has 0 amide bonds. The Morgan fingerprint density at radius 3 is 2.75 bits per heavy atom. The minimum Gasteiger partial charge on any atom is -0.454 e. The number of hydrogen-bond donors (Lipinski definition) is 0. The molecule has 1 heterocycles. The van der Waals surface area contributed by atoms with Gasteiger partial charge in [-0.05, 0) is 24.3 Å². The molecule has 0 atom stereocenters. The highest BCUT2D eigenvalue weighted by atomic mass is 35.5. The molecule has 0 spiro atoms. The Hall–Kier alpha value is -2.57. The van der Waals surface area contributed by atoms with Crippen LogP contribution in [0.25, 0.3) is 10.9 Å². The van der Waals surface area contributed by atoms with Crippen molar-refractivity contribution in [3.05, 3.63) is 65.3 Å². The van der Waals surface area contributed by atoms with Crippen LogP contribution < -0.4 is 4.74 Å². The molecule has 0 aliphatic heterocycles. The second-order valence-electron chi connectivity index (χ2n) is 4.19. The fraction of sp³-hybridized carbons (Fsp3) is 0. The summed E-state index contributed by atoms with van der Waals surface area (Å²) in [5, 5.41) is 10.6. The van der Waals surface area contributed by atoms with E-state index in [2.05, 4.69) is 11.1 Å². The van der Waals surface area contributed by atoms with E-state index in [1.807, 2.05) is 30.3 Å². The van der Waals surface area contributed by atoms with Gasteiger partial charge in [0.25, 0.3) is 0 Å². The Balaban J connectivity index is 2.10. The molecule has 0 saturated heterocycles. The van der Waals surface area contributed by atoms with Crippen molar-refractivity contribution in [1.82, 2.24) is 4.98 Å². The number of pyridine rings is 1. The Morgan fingerprint density at radius 2 is 1.90 bits per heavy atom. The third-order valence-electron chi connectivity index (χ3n) is 2.88. The average molecular weight is 281 g/mol. The summed E-state index contributed by atoms with van der Waals surface area (Å²) in [4.78, 5) is 4.31. The van der Waals surface area contributed by atoms with Gasteiger partial charge in [0.2, 0.25) is 0 Å². The zero-order valence-corrected chi connectivity index (χ0v) is 11.1. The van der Waals surface area contributed by atoms with Crippen LogP contribution in [0.15, 0.2) is 54.7 Å². The molecule has 20 heavy (non-hydrogen) atoms. The zero-order chi connectivity index (χ0) is 13.9. The van der Waals surface area contributed by atoms with Gasteiger partial charge in [-0.1, -0.05) is 29.8 Å². The van der Waals surface area contributed by atoms with Crippen LogP contribution in [-0.2, 0) is 0 Å². The summed E-state index contributed by atoms with van der Waals surface area (Å²) in [6.07, 6.45) is 1.71. The van der Waals surface area contributed by atoms with E-state index >= 15 is 0 Å². The van der Waals surface area contributed by atoms with E-state index in [1.54, 1.807) is 24.4 Å². The van der Waals surface area contributed by atoms with Crippen molar-refractivity contribution in [3.63, 3.8) is 0 Å². The van der Waals surface area contributed by atoms with E-state index in [-0.39, 0.29) is 0 Å². The highest BCUT2D eigenvalue weighted by molar-refractivity contribution is 6.30. The molecule has 3 rings (SSSR count). The predicted octanol–water partition coefficient (Wildman–Crippen LogP) is 4.55. The van der Waals surface area contributed by atoms with Gasteiger partial charge in [0, 0.05) is 22.7 Å². The first-order valence-corrected chi connectivity index (χ1v) is 6.37. The molecule has 0 aliphatic carbocycles. The molecule has 0 bridgehead atoms. The number of nitriles is 1. The fourth-order valence-electron chi connectivity index (χ4n) is 1.95. The molecule has 3 nitrogen and oxygen atoms in total. The largest absolute Gasteiger partial charge is 0.454 e. The Bertz CT molecular complexity index is 819. The highest BCUT2D eigenvalue weighted by Crippen LogP contribution is 2.31. The van der Waals surface area contributed by atoms with Crippen molar-refractivity contribution in [1.29, 1.82) is 5.26 Å². The molecule has 0 unspecified atom stereocenters.